The van der Waals surface area contributed by atoms with E-state index >= 15 is 0 Å². The molecule has 0 spiro atoms. The number of rotatable bonds is 5. The monoisotopic (exact) mass is 336 g/mol. The second-order valence-corrected chi connectivity index (χ2v) is 6.75. The highest BCUT2D eigenvalue weighted by molar-refractivity contribution is 7.17. The number of nitrogens with zero attached hydrogens (tertiary/aromatic N) is 1. The van der Waals surface area contributed by atoms with Crippen molar-refractivity contribution in [2.45, 2.75) is 26.4 Å². The minimum atomic E-state index is -0.534. The summed E-state index contributed by atoms with van der Waals surface area (Å²) in [5, 5.41) is 3.71. The van der Waals surface area contributed by atoms with Gasteiger partial charge < -0.3 is 19.5 Å². The highest BCUT2D eigenvalue weighted by atomic mass is 32.1. The fraction of sp³-hybridized carbons (Fsp3) is 0.375. The molecule has 6 nitrogen and oxygen atoms in total. The molecule has 0 aliphatic heterocycles. The number of anilines is 2. The number of methoxy groups -OCH3 is 2. The van der Waals surface area contributed by atoms with Crippen molar-refractivity contribution in [2.75, 3.05) is 19.5 Å². The quantitative estimate of drug-likeness (QED) is 0.836. The summed E-state index contributed by atoms with van der Waals surface area (Å²) in [6.07, 6.45) is 1.50. The summed E-state index contributed by atoms with van der Waals surface area (Å²) in [6.45, 7) is 5.48. The van der Waals surface area contributed by atoms with Crippen LogP contribution in [0.15, 0.2) is 24.4 Å². The molecule has 1 heterocycles. The predicted molar refractivity (Wildman–Crippen MR) is 90.1 cm³/mol. The molecule has 2 rings (SSSR count). The zero-order valence-corrected chi connectivity index (χ0v) is 14.6. The Morgan fingerprint density at radius 1 is 1.22 bits per heavy atom. The standard InChI is InChI=1S/C16H20N2O4S/c1-16(2,3)22-14(19)13-9-17-15(23-13)18-11-7-6-10(20-4)8-12(11)21-5/h6-9H,1-5H3,(H,17,18). The van der Waals surface area contributed by atoms with Crippen LogP contribution in [0.1, 0.15) is 30.4 Å². The van der Waals surface area contributed by atoms with Crippen molar-refractivity contribution in [1.29, 1.82) is 0 Å². The Hall–Kier alpha value is -2.28. The number of esters is 1. The second kappa shape index (κ2) is 6.87. The van der Waals surface area contributed by atoms with Crippen molar-refractivity contribution >= 4 is 28.1 Å². The summed E-state index contributed by atoms with van der Waals surface area (Å²) in [6, 6.07) is 5.41. The van der Waals surface area contributed by atoms with Crippen molar-refractivity contribution in [3.8, 4) is 11.5 Å². The Labute approximate surface area is 139 Å². The lowest BCUT2D eigenvalue weighted by molar-refractivity contribution is 0.00749. The molecule has 0 fully saturated rings. The van der Waals surface area contributed by atoms with E-state index in [1.54, 1.807) is 20.3 Å². The Balaban J connectivity index is 2.15. The highest BCUT2D eigenvalue weighted by Gasteiger charge is 2.20. The molecule has 0 amide bonds. The number of ether oxygens (including phenoxy) is 3. The lowest BCUT2D eigenvalue weighted by Crippen LogP contribution is -2.23. The van der Waals surface area contributed by atoms with Gasteiger partial charge in [-0.2, -0.15) is 0 Å². The van der Waals surface area contributed by atoms with Gasteiger partial charge in [0.05, 0.1) is 26.1 Å². The third kappa shape index (κ3) is 4.59. The molecule has 124 valence electrons. The van der Waals surface area contributed by atoms with Crippen molar-refractivity contribution < 1.29 is 19.0 Å². The molecular formula is C16H20N2O4S. The van der Waals surface area contributed by atoms with Crippen LogP contribution >= 0.6 is 11.3 Å². The van der Waals surface area contributed by atoms with Crippen LogP contribution in [-0.2, 0) is 4.74 Å². The number of carbonyl (C=O) groups excluding carboxylic acids is 1. The summed E-state index contributed by atoms with van der Waals surface area (Å²) < 4.78 is 15.8. The summed E-state index contributed by atoms with van der Waals surface area (Å²) in [5.74, 6) is 0.934. The number of aromatic nitrogens is 1. The van der Waals surface area contributed by atoms with Gasteiger partial charge in [-0.3, -0.25) is 0 Å². The van der Waals surface area contributed by atoms with Gasteiger partial charge in [0.1, 0.15) is 22.0 Å². The highest BCUT2D eigenvalue weighted by Crippen LogP contribution is 2.33. The fourth-order valence-electron chi connectivity index (χ4n) is 1.77. The van der Waals surface area contributed by atoms with Crippen LogP contribution < -0.4 is 14.8 Å². The third-order valence-electron chi connectivity index (χ3n) is 2.76. The Bertz CT molecular complexity index is 692. The molecule has 1 aromatic carbocycles. The Kier molecular flexibility index (Phi) is 5.10. The molecule has 23 heavy (non-hydrogen) atoms. The number of carbonyl (C=O) groups is 1. The first-order valence-corrected chi connectivity index (χ1v) is 7.82. The molecule has 7 heteroatoms. The zero-order chi connectivity index (χ0) is 17.0. The van der Waals surface area contributed by atoms with E-state index in [2.05, 4.69) is 10.3 Å². The summed E-state index contributed by atoms with van der Waals surface area (Å²) >= 11 is 1.22. The van der Waals surface area contributed by atoms with Gasteiger partial charge in [0.15, 0.2) is 5.13 Å². The van der Waals surface area contributed by atoms with E-state index in [4.69, 9.17) is 14.2 Å². The maximum Gasteiger partial charge on any atom is 0.350 e. The van der Waals surface area contributed by atoms with Crippen LogP contribution in [0.25, 0.3) is 0 Å². The SMILES string of the molecule is COc1ccc(Nc2ncc(C(=O)OC(C)(C)C)s2)c(OC)c1. The molecule has 1 aromatic heterocycles. The van der Waals surface area contributed by atoms with Gasteiger partial charge in [-0.1, -0.05) is 11.3 Å². The van der Waals surface area contributed by atoms with E-state index in [0.717, 1.165) is 5.69 Å². The van der Waals surface area contributed by atoms with Crippen LogP contribution in [0.2, 0.25) is 0 Å². The molecule has 0 saturated carbocycles. The first kappa shape index (κ1) is 17.1. The maximum atomic E-state index is 12.0. The van der Waals surface area contributed by atoms with Crippen LogP contribution in [0, 0.1) is 0 Å². The topological polar surface area (TPSA) is 69.7 Å². The number of hydrogen-bond acceptors (Lipinski definition) is 7. The van der Waals surface area contributed by atoms with Gasteiger partial charge in [0, 0.05) is 6.07 Å². The second-order valence-electron chi connectivity index (χ2n) is 5.72. The van der Waals surface area contributed by atoms with Crippen molar-refractivity contribution in [1.82, 2.24) is 4.98 Å². The van der Waals surface area contributed by atoms with Gasteiger partial charge in [0.25, 0.3) is 0 Å². The van der Waals surface area contributed by atoms with Crippen LogP contribution in [0.4, 0.5) is 10.8 Å². The lowest BCUT2D eigenvalue weighted by atomic mass is 10.2. The molecule has 0 saturated heterocycles. The predicted octanol–water partition coefficient (Wildman–Crippen LogP) is 3.86. The summed E-state index contributed by atoms with van der Waals surface area (Å²) in [7, 11) is 3.17. The molecule has 0 radical (unpaired) electrons. The van der Waals surface area contributed by atoms with E-state index in [9.17, 15) is 4.79 Å². The zero-order valence-electron chi connectivity index (χ0n) is 13.8. The average molecular weight is 336 g/mol. The van der Waals surface area contributed by atoms with E-state index in [0.29, 0.717) is 21.5 Å². The van der Waals surface area contributed by atoms with Crippen LogP contribution in [0.3, 0.4) is 0 Å². The van der Waals surface area contributed by atoms with Gasteiger partial charge in [0.2, 0.25) is 0 Å². The summed E-state index contributed by atoms with van der Waals surface area (Å²) in [5.41, 5.74) is 0.201. The maximum absolute atomic E-state index is 12.0. The van der Waals surface area contributed by atoms with E-state index < -0.39 is 5.60 Å². The first-order chi connectivity index (χ1) is 10.8. The minimum absolute atomic E-state index is 0.384. The largest absolute Gasteiger partial charge is 0.497 e. The van der Waals surface area contributed by atoms with Crippen molar-refractivity contribution in [3.05, 3.63) is 29.3 Å². The lowest BCUT2D eigenvalue weighted by Gasteiger charge is -2.18. The number of nitrogens with one attached hydrogen (secondary N) is 1. The fourth-order valence-corrected chi connectivity index (χ4v) is 2.48. The van der Waals surface area contributed by atoms with Crippen LogP contribution in [-0.4, -0.2) is 30.8 Å². The molecule has 2 aromatic rings. The minimum Gasteiger partial charge on any atom is -0.497 e. The smallest absolute Gasteiger partial charge is 0.350 e. The number of thiazole rings is 1. The molecular weight excluding hydrogens is 316 g/mol. The van der Waals surface area contributed by atoms with E-state index in [-0.39, 0.29) is 5.97 Å². The van der Waals surface area contributed by atoms with Crippen molar-refractivity contribution in [2.24, 2.45) is 0 Å². The molecule has 0 atom stereocenters. The van der Waals surface area contributed by atoms with Gasteiger partial charge in [-0.25, -0.2) is 9.78 Å². The number of benzene rings is 1. The van der Waals surface area contributed by atoms with Gasteiger partial charge >= 0.3 is 5.97 Å². The van der Waals surface area contributed by atoms with Gasteiger partial charge in [-0.15, -0.1) is 0 Å². The average Bonchev–Trinajstić information content (AvgIpc) is 2.94. The molecule has 0 aliphatic carbocycles. The molecule has 0 bridgehead atoms. The van der Waals surface area contributed by atoms with Crippen LogP contribution in [0.5, 0.6) is 11.5 Å². The normalized spacial score (nSPS) is 11.0. The Morgan fingerprint density at radius 3 is 2.57 bits per heavy atom. The van der Waals surface area contributed by atoms with E-state index in [1.807, 2.05) is 32.9 Å². The number of hydrogen-bond donors (Lipinski definition) is 1. The third-order valence-corrected chi connectivity index (χ3v) is 3.65. The van der Waals surface area contributed by atoms with E-state index in [1.165, 1.54) is 17.5 Å². The molecule has 0 unspecified atom stereocenters. The Morgan fingerprint density at radius 2 is 1.96 bits per heavy atom. The van der Waals surface area contributed by atoms with Crippen molar-refractivity contribution in [3.63, 3.8) is 0 Å². The first-order valence-electron chi connectivity index (χ1n) is 7.00. The molecule has 0 aliphatic rings. The molecule has 1 N–H and O–H groups in total. The summed E-state index contributed by atoms with van der Waals surface area (Å²) in [4.78, 5) is 16.7. The van der Waals surface area contributed by atoms with Gasteiger partial charge in [-0.05, 0) is 32.9 Å².